The lowest BCUT2D eigenvalue weighted by molar-refractivity contribution is -0.137. The number of methoxy groups -OCH3 is 1. The van der Waals surface area contributed by atoms with Gasteiger partial charge in [0.1, 0.15) is 11.6 Å². The maximum absolute atomic E-state index is 12.9. The van der Waals surface area contributed by atoms with Gasteiger partial charge >= 0.3 is 11.7 Å². The molecule has 1 aliphatic heterocycles. The van der Waals surface area contributed by atoms with Crippen molar-refractivity contribution in [3.05, 3.63) is 46.5 Å². The second-order valence-electron chi connectivity index (χ2n) is 11.5. The lowest BCUT2D eigenvalue weighted by Crippen LogP contribution is -2.58. The molecule has 1 saturated heterocycles. The number of carbonyl (C=O) groups is 2. The molecule has 1 aromatic heterocycles. The van der Waals surface area contributed by atoms with Crippen molar-refractivity contribution in [1.29, 1.82) is 0 Å². The summed E-state index contributed by atoms with van der Waals surface area (Å²) >= 11 is 0. The minimum Gasteiger partial charge on any atom is -0.496 e. The fraction of sp³-hybridized carbons (Fsp3) is 0.586. The number of aromatic nitrogens is 2. The summed E-state index contributed by atoms with van der Waals surface area (Å²) in [6, 6.07) is 7.73. The van der Waals surface area contributed by atoms with Crippen LogP contribution in [0, 0.1) is 0 Å². The van der Waals surface area contributed by atoms with E-state index in [4.69, 9.17) is 16.2 Å². The van der Waals surface area contributed by atoms with E-state index in [1.54, 1.807) is 43.0 Å². The third-order valence-electron chi connectivity index (χ3n) is 8.03. The molecule has 2 aliphatic rings. The van der Waals surface area contributed by atoms with Gasteiger partial charge < -0.3 is 26.0 Å². The number of rotatable bonds is 8. The van der Waals surface area contributed by atoms with Crippen LogP contribution in [0.2, 0.25) is 0 Å². The Morgan fingerprint density at radius 2 is 1.76 bits per heavy atom. The molecule has 224 valence electrons. The van der Waals surface area contributed by atoms with E-state index < -0.39 is 11.2 Å². The molecule has 0 radical (unpaired) electrons. The van der Waals surface area contributed by atoms with Gasteiger partial charge in [0.05, 0.1) is 18.3 Å². The van der Waals surface area contributed by atoms with Crippen molar-refractivity contribution in [2.45, 2.75) is 70.6 Å². The van der Waals surface area contributed by atoms with Gasteiger partial charge in [-0.05, 0) is 58.2 Å². The van der Waals surface area contributed by atoms with E-state index in [1.165, 1.54) is 4.57 Å². The second-order valence-corrected chi connectivity index (χ2v) is 11.5. The molecule has 3 amide bonds. The second kappa shape index (κ2) is 13.0. The van der Waals surface area contributed by atoms with Crippen molar-refractivity contribution in [3.63, 3.8) is 0 Å². The molecule has 1 aliphatic carbocycles. The van der Waals surface area contributed by atoms with Crippen LogP contribution in [-0.4, -0.2) is 93.6 Å². The Labute approximate surface area is 241 Å². The number of nitrogens with two attached hydrogens (primary N) is 2. The molecule has 2 aromatic rings. The van der Waals surface area contributed by atoms with Crippen LogP contribution < -0.4 is 27.2 Å². The van der Waals surface area contributed by atoms with Gasteiger partial charge in [0, 0.05) is 62.6 Å². The predicted octanol–water partition coefficient (Wildman–Crippen LogP) is 1.75. The number of nitrogens with one attached hydrogen (secondary N) is 1. The molecule has 2 heterocycles. The Kier molecular flexibility index (Phi) is 9.67. The molecular weight excluding hydrogens is 524 g/mol. The molecule has 0 atom stereocenters. The first-order valence-electron chi connectivity index (χ1n) is 14.4. The van der Waals surface area contributed by atoms with Crippen LogP contribution in [0.1, 0.15) is 52.0 Å². The molecule has 1 saturated carbocycles. The molecule has 12 heteroatoms. The summed E-state index contributed by atoms with van der Waals surface area (Å²) in [5.74, 6) is 0.713. The van der Waals surface area contributed by atoms with Gasteiger partial charge in [0.25, 0.3) is 0 Å². The maximum atomic E-state index is 12.9. The minimum absolute atomic E-state index is 0.149. The lowest BCUT2D eigenvalue weighted by Gasteiger charge is -2.37. The molecule has 5 N–H and O–H groups in total. The SMILES string of the molecule is CCN(Cc1ccc(-n2ccc(NC(=O)N3CCN(C(=O)C(C)(C)N)CC3)nc2=O)cc1OC)[C@H]1CC[C@H](N)CC1. The van der Waals surface area contributed by atoms with Crippen LogP contribution in [0.25, 0.3) is 5.69 Å². The van der Waals surface area contributed by atoms with Gasteiger partial charge in [0.2, 0.25) is 5.91 Å². The van der Waals surface area contributed by atoms with Crippen molar-refractivity contribution in [1.82, 2.24) is 24.3 Å². The van der Waals surface area contributed by atoms with Crippen molar-refractivity contribution in [2.24, 2.45) is 11.5 Å². The van der Waals surface area contributed by atoms with Crippen molar-refractivity contribution in [2.75, 3.05) is 45.2 Å². The Morgan fingerprint density at radius 1 is 1.10 bits per heavy atom. The number of piperazine rings is 1. The van der Waals surface area contributed by atoms with Gasteiger partial charge in [-0.15, -0.1) is 0 Å². The van der Waals surface area contributed by atoms with Crippen LogP contribution in [-0.2, 0) is 11.3 Å². The topological polar surface area (TPSA) is 152 Å². The number of benzene rings is 1. The molecule has 0 bridgehead atoms. The lowest BCUT2D eigenvalue weighted by atomic mass is 9.90. The first kappa shape index (κ1) is 30.5. The highest BCUT2D eigenvalue weighted by atomic mass is 16.5. The maximum Gasteiger partial charge on any atom is 0.354 e. The largest absolute Gasteiger partial charge is 0.496 e. The van der Waals surface area contributed by atoms with Crippen molar-refractivity contribution < 1.29 is 14.3 Å². The van der Waals surface area contributed by atoms with Crippen LogP contribution in [0.15, 0.2) is 35.3 Å². The van der Waals surface area contributed by atoms with Crippen LogP contribution >= 0.6 is 0 Å². The van der Waals surface area contributed by atoms with Gasteiger partial charge in [-0.3, -0.25) is 19.6 Å². The van der Waals surface area contributed by atoms with Crippen molar-refractivity contribution >= 4 is 17.8 Å². The number of hydrogen-bond acceptors (Lipinski definition) is 8. The summed E-state index contributed by atoms with van der Waals surface area (Å²) in [5, 5.41) is 2.70. The molecule has 41 heavy (non-hydrogen) atoms. The molecule has 12 nitrogen and oxygen atoms in total. The highest BCUT2D eigenvalue weighted by Crippen LogP contribution is 2.28. The van der Waals surface area contributed by atoms with Gasteiger partial charge in [-0.25, -0.2) is 9.59 Å². The molecule has 0 spiro atoms. The first-order chi connectivity index (χ1) is 19.5. The molecular formula is C29H44N8O4. The van der Waals surface area contributed by atoms with Crippen LogP contribution in [0.5, 0.6) is 5.75 Å². The van der Waals surface area contributed by atoms with Crippen molar-refractivity contribution in [3.8, 4) is 11.4 Å². The molecule has 4 rings (SSSR count). The minimum atomic E-state index is -0.956. The summed E-state index contributed by atoms with van der Waals surface area (Å²) in [7, 11) is 1.63. The quantitative estimate of drug-likeness (QED) is 0.436. The van der Waals surface area contributed by atoms with Gasteiger partial charge in [0.15, 0.2) is 0 Å². The smallest absolute Gasteiger partial charge is 0.354 e. The van der Waals surface area contributed by atoms with E-state index in [9.17, 15) is 14.4 Å². The summed E-state index contributed by atoms with van der Waals surface area (Å²) in [6.07, 6.45) is 5.88. The third kappa shape index (κ3) is 7.43. The fourth-order valence-corrected chi connectivity index (χ4v) is 5.58. The Bertz CT molecular complexity index is 1270. The van der Waals surface area contributed by atoms with E-state index in [1.807, 2.05) is 18.2 Å². The average Bonchev–Trinajstić information content (AvgIpc) is 2.96. The zero-order chi connectivity index (χ0) is 29.7. The Morgan fingerprint density at radius 3 is 2.34 bits per heavy atom. The van der Waals surface area contributed by atoms with E-state index in [0.717, 1.165) is 44.3 Å². The van der Waals surface area contributed by atoms with E-state index in [2.05, 4.69) is 22.1 Å². The molecule has 2 fully saturated rings. The number of hydrogen-bond donors (Lipinski definition) is 3. The van der Waals surface area contributed by atoms with E-state index in [0.29, 0.717) is 49.7 Å². The molecule has 0 unspecified atom stereocenters. The highest BCUT2D eigenvalue weighted by Gasteiger charge is 2.31. The van der Waals surface area contributed by atoms with Gasteiger partial charge in [-0.1, -0.05) is 13.0 Å². The Balaban J connectivity index is 1.40. The zero-order valence-electron chi connectivity index (χ0n) is 24.6. The number of nitrogens with zero attached hydrogens (tertiary/aromatic N) is 5. The number of carbonyl (C=O) groups excluding carboxylic acids is 2. The monoisotopic (exact) mass is 568 g/mol. The van der Waals surface area contributed by atoms with Gasteiger partial charge in [-0.2, -0.15) is 4.98 Å². The standard InChI is InChI=1S/C29H44N8O4/c1-5-34(22-10-7-21(30)8-11-22)19-20-6-9-23(18-24(20)41-4)37-13-12-25(33-28(37)40)32-27(39)36-16-14-35(15-17-36)26(38)29(2,3)31/h6,9,12-13,18,21-22H,5,7-8,10-11,14-17,19,30-31H2,1-4H3,(H,32,33,39,40)/t21-,22-. The summed E-state index contributed by atoms with van der Waals surface area (Å²) < 4.78 is 7.12. The highest BCUT2D eigenvalue weighted by molar-refractivity contribution is 5.89. The number of anilines is 1. The molecule has 1 aromatic carbocycles. The zero-order valence-corrected chi connectivity index (χ0v) is 24.6. The van der Waals surface area contributed by atoms with Crippen LogP contribution in [0.3, 0.4) is 0 Å². The average molecular weight is 569 g/mol. The van der Waals surface area contributed by atoms with E-state index >= 15 is 0 Å². The summed E-state index contributed by atoms with van der Waals surface area (Å²) in [4.78, 5) is 47.9. The fourth-order valence-electron chi connectivity index (χ4n) is 5.58. The number of ether oxygens (including phenoxy) is 1. The van der Waals surface area contributed by atoms with E-state index in [-0.39, 0.29) is 17.8 Å². The third-order valence-corrected chi connectivity index (χ3v) is 8.03. The summed E-state index contributed by atoms with van der Waals surface area (Å²) in [5.41, 5.74) is 12.2. The van der Waals surface area contributed by atoms with Crippen LogP contribution in [0.4, 0.5) is 10.6 Å². The first-order valence-corrected chi connectivity index (χ1v) is 14.4. The normalized spacial score (nSPS) is 19.8. The summed E-state index contributed by atoms with van der Waals surface area (Å²) in [6.45, 7) is 8.70. The predicted molar refractivity (Wildman–Crippen MR) is 158 cm³/mol. The number of urea groups is 1. The Hall–Kier alpha value is -3.48. The number of amides is 3.